The molecule has 0 atom stereocenters. The first-order valence-corrected chi connectivity index (χ1v) is 5.06. The molecule has 0 aliphatic rings. The zero-order valence-electron chi connectivity index (χ0n) is 9.17. The smallest absolute Gasteiger partial charge is 0.0207 e. The molecule has 1 nitrogen and oxygen atoms in total. The minimum Gasteiger partial charge on any atom is -0.310 e. The Bertz CT molecular complexity index is 192. The number of hydrogen-bond donors (Lipinski definition) is 1. The lowest BCUT2D eigenvalue weighted by molar-refractivity contribution is 0.589. The SMILES string of the molecule is CC.CC(C)NCc1ccccc1. The summed E-state index contributed by atoms with van der Waals surface area (Å²) in [5, 5.41) is 3.36. The largest absolute Gasteiger partial charge is 0.310 e. The Kier molecular flexibility index (Phi) is 7.32. The van der Waals surface area contributed by atoms with Gasteiger partial charge in [0.25, 0.3) is 0 Å². The van der Waals surface area contributed by atoms with Crippen LogP contribution in [0, 0.1) is 0 Å². The highest BCUT2D eigenvalue weighted by molar-refractivity contribution is 5.14. The van der Waals surface area contributed by atoms with Gasteiger partial charge in [-0.3, -0.25) is 0 Å². The van der Waals surface area contributed by atoms with Crippen LogP contribution < -0.4 is 5.32 Å². The molecule has 1 rings (SSSR count). The maximum absolute atomic E-state index is 3.36. The van der Waals surface area contributed by atoms with E-state index in [0.717, 1.165) is 6.54 Å². The summed E-state index contributed by atoms with van der Waals surface area (Å²) in [5.74, 6) is 0. The Labute approximate surface area is 82.2 Å². The molecule has 0 amide bonds. The number of hydrogen-bond acceptors (Lipinski definition) is 1. The van der Waals surface area contributed by atoms with Gasteiger partial charge < -0.3 is 5.32 Å². The van der Waals surface area contributed by atoms with E-state index in [9.17, 15) is 0 Å². The van der Waals surface area contributed by atoms with Crippen molar-refractivity contribution in [2.24, 2.45) is 0 Å². The average Bonchev–Trinajstić information content (AvgIpc) is 2.19. The second-order valence-corrected chi connectivity index (χ2v) is 3.02. The molecule has 13 heavy (non-hydrogen) atoms. The summed E-state index contributed by atoms with van der Waals surface area (Å²) in [7, 11) is 0. The molecule has 0 radical (unpaired) electrons. The molecule has 0 saturated heterocycles. The van der Waals surface area contributed by atoms with Gasteiger partial charge in [-0.15, -0.1) is 0 Å². The number of nitrogens with one attached hydrogen (secondary N) is 1. The third kappa shape index (κ3) is 6.35. The number of rotatable bonds is 3. The van der Waals surface area contributed by atoms with Crippen molar-refractivity contribution in [1.82, 2.24) is 5.32 Å². The molecular weight excluding hydrogens is 158 g/mol. The molecule has 0 aliphatic carbocycles. The van der Waals surface area contributed by atoms with Gasteiger partial charge in [0.2, 0.25) is 0 Å². The highest BCUT2D eigenvalue weighted by Crippen LogP contribution is 1.97. The summed E-state index contributed by atoms with van der Waals surface area (Å²) in [5.41, 5.74) is 1.35. The molecule has 0 bridgehead atoms. The molecule has 0 saturated carbocycles. The zero-order valence-corrected chi connectivity index (χ0v) is 9.17. The lowest BCUT2D eigenvalue weighted by Gasteiger charge is -2.06. The Morgan fingerprint density at radius 1 is 1.08 bits per heavy atom. The summed E-state index contributed by atoms with van der Waals surface area (Å²) >= 11 is 0. The van der Waals surface area contributed by atoms with Crippen LogP contribution >= 0.6 is 0 Å². The van der Waals surface area contributed by atoms with Gasteiger partial charge in [0.1, 0.15) is 0 Å². The van der Waals surface area contributed by atoms with Gasteiger partial charge in [0.15, 0.2) is 0 Å². The van der Waals surface area contributed by atoms with E-state index < -0.39 is 0 Å². The van der Waals surface area contributed by atoms with Crippen molar-refractivity contribution in [3.63, 3.8) is 0 Å². The maximum Gasteiger partial charge on any atom is 0.0207 e. The summed E-state index contributed by atoms with van der Waals surface area (Å²) in [6.45, 7) is 9.28. The monoisotopic (exact) mass is 179 g/mol. The van der Waals surface area contributed by atoms with Crippen LogP contribution in [-0.2, 0) is 6.54 Å². The molecule has 0 heterocycles. The van der Waals surface area contributed by atoms with E-state index >= 15 is 0 Å². The quantitative estimate of drug-likeness (QED) is 0.751. The van der Waals surface area contributed by atoms with Crippen molar-refractivity contribution < 1.29 is 0 Å². The van der Waals surface area contributed by atoms with Crippen LogP contribution in [0.3, 0.4) is 0 Å². The molecule has 1 heteroatoms. The predicted molar refractivity (Wildman–Crippen MR) is 59.8 cm³/mol. The van der Waals surface area contributed by atoms with E-state index in [4.69, 9.17) is 0 Å². The lowest BCUT2D eigenvalue weighted by Crippen LogP contribution is -2.21. The molecule has 0 unspecified atom stereocenters. The summed E-state index contributed by atoms with van der Waals surface area (Å²) in [6.07, 6.45) is 0. The summed E-state index contributed by atoms with van der Waals surface area (Å²) in [6, 6.07) is 11.0. The first-order chi connectivity index (χ1) is 6.29. The number of benzene rings is 1. The van der Waals surface area contributed by atoms with Crippen molar-refractivity contribution in [2.45, 2.75) is 40.3 Å². The second kappa shape index (κ2) is 7.81. The van der Waals surface area contributed by atoms with Crippen LogP contribution in [-0.4, -0.2) is 6.04 Å². The van der Waals surface area contributed by atoms with Crippen LogP contribution in [0.2, 0.25) is 0 Å². The minimum atomic E-state index is 0.565. The molecule has 0 spiro atoms. The Balaban J connectivity index is 0.000000671. The van der Waals surface area contributed by atoms with E-state index in [2.05, 4.69) is 43.4 Å². The summed E-state index contributed by atoms with van der Waals surface area (Å²) in [4.78, 5) is 0. The average molecular weight is 179 g/mol. The maximum atomic E-state index is 3.36. The molecule has 1 aromatic carbocycles. The lowest BCUT2D eigenvalue weighted by atomic mass is 10.2. The minimum absolute atomic E-state index is 0.565. The molecule has 0 aliphatic heterocycles. The van der Waals surface area contributed by atoms with E-state index in [1.165, 1.54) is 5.56 Å². The van der Waals surface area contributed by atoms with Gasteiger partial charge in [-0.2, -0.15) is 0 Å². The van der Waals surface area contributed by atoms with Gasteiger partial charge in [-0.25, -0.2) is 0 Å². The van der Waals surface area contributed by atoms with Crippen molar-refractivity contribution >= 4 is 0 Å². The van der Waals surface area contributed by atoms with Crippen LogP contribution in [0.1, 0.15) is 33.3 Å². The van der Waals surface area contributed by atoms with Crippen LogP contribution in [0.5, 0.6) is 0 Å². The Hall–Kier alpha value is -0.820. The molecule has 1 N–H and O–H groups in total. The van der Waals surface area contributed by atoms with Crippen molar-refractivity contribution in [3.8, 4) is 0 Å². The fourth-order valence-electron chi connectivity index (χ4n) is 0.918. The van der Waals surface area contributed by atoms with Crippen LogP contribution in [0.4, 0.5) is 0 Å². The molecule has 74 valence electrons. The predicted octanol–water partition coefficient (Wildman–Crippen LogP) is 3.21. The first-order valence-electron chi connectivity index (χ1n) is 5.06. The normalized spacial score (nSPS) is 9.31. The first kappa shape index (κ1) is 12.2. The third-order valence-electron chi connectivity index (χ3n) is 1.56. The molecule has 0 aromatic heterocycles. The van der Waals surface area contributed by atoms with E-state index in [1.807, 2.05) is 19.9 Å². The molecular formula is C12H21N. The molecule has 0 fully saturated rings. The standard InChI is InChI=1S/C10H15N.C2H6/c1-9(2)11-8-10-6-4-3-5-7-10;1-2/h3-7,9,11H,8H2,1-2H3;1-2H3. The van der Waals surface area contributed by atoms with Gasteiger partial charge in [0.05, 0.1) is 0 Å². The van der Waals surface area contributed by atoms with Gasteiger partial charge in [-0.1, -0.05) is 58.0 Å². The van der Waals surface area contributed by atoms with Gasteiger partial charge in [0, 0.05) is 12.6 Å². The summed E-state index contributed by atoms with van der Waals surface area (Å²) < 4.78 is 0. The Morgan fingerprint density at radius 3 is 2.08 bits per heavy atom. The van der Waals surface area contributed by atoms with Gasteiger partial charge >= 0.3 is 0 Å². The van der Waals surface area contributed by atoms with Crippen molar-refractivity contribution in [2.75, 3.05) is 0 Å². The Morgan fingerprint density at radius 2 is 1.62 bits per heavy atom. The van der Waals surface area contributed by atoms with E-state index in [0.29, 0.717) is 6.04 Å². The van der Waals surface area contributed by atoms with Gasteiger partial charge in [-0.05, 0) is 5.56 Å². The highest BCUT2D eigenvalue weighted by atomic mass is 14.9. The highest BCUT2D eigenvalue weighted by Gasteiger charge is 1.92. The van der Waals surface area contributed by atoms with Crippen molar-refractivity contribution in [3.05, 3.63) is 35.9 Å². The second-order valence-electron chi connectivity index (χ2n) is 3.02. The fourth-order valence-corrected chi connectivity index (χ4v) is 0.918. The fraction of sp³-hybridized carbons (Fsp3) is 0.500. The molecule has 1 aromatic rings. The van der Waals surface area contributed by atoms with Crippen LogP contribution in [0.15, 0.2) is 30.3 Å². The van der Waals surface area contributed by atoms with Crippen molar-refractivity contribution in [1.29, 1.82) is 0 Å². The third-order valence-corrected chi connectivity index (χ3v) is 1.56. The van der Waals surface area contributed by atoms with E-state index in [1.54, 1.807) is 0 Å². The van der Waals surface area contributed by atoms with E-state index in [-0.39, 0.29) is 0 Å². The van der Waals surface area contributed by atoms with Crippen LogP contribution in [0.25, 0.3) is 0 Å². The topological polar surface area (TPSA) is 12.0 Å². The zero-order chi connectivity index (χ0) is 10.1.